The predicted molar refractivity (Wildman–Crippen MR) is 73.2 cm³/mol. The Morgan fingerprint density at radius 1 is 1.44 bits per heavy atom. The zero-order chi connectivity index (χ0) is 12.5. The van der Waals surface area contributed by atoms with E-state index in [9.17, 15) is 5.11 Å². The number of halogens is 1. The van der Waals surface area contributed by atoms with Gasteiger partial charge in [-0.05, 0) is 39.5 Å². The molecule has 0 saturated heterocycles. The molecule has 0 amide bonds. The lowest BCUT2D eigenvalue weighted by Gasteiger charge is -2.07. The zero-order valence-corrected chi connectivity index (χ0v) is 11.8. The summed E-state index contributed by atoms with van der Waals surface area (Å²) in [6, 6.07) is 7.54. The van der Waals surface area contributed by atoms with Crippen LogP contribution < -0.4 is 9.47 Å². The number of benzene rings is 1. The van der Waals surface area contributed by atoms with Gasteiger partial charge in [0.25, 0.3) is 0 Å². The van der Waals surface area contributed by atoms with Crippen LogP contribution in [-0.2, 0) is 6.61 Å². The first-order valence-electron chi connectivity index (χ1n) is 5.53. The Labute approximate surface area is 117 Å². The van der Waals surface area contributed by atoms with Crippen molar-refractivity contribution >= 4 is 27.3 Å². The Balaban J connectivity index is 1.73. The van der Waals surface area contributed by atoms with Gasteiger partial charge in [-0.15, -0.1) is 11.3 Å². The maximum atomic E-state index is 9.62. The van der Waals surface area contributed by atoms with Gasteiger partial charge in [-0.25, -0.2) is 0 Å². The summed E-state index contributed by atoms with van der Waals surface area (Å²) in [6.45, 7) is 0.856. The fourth-order valence-corrected chi connectivity index (χ4v) is 3.22. The Kier molecular flexibility index (Phi) is 3.28. The second-order valence-electron chi connectivity index (χ2n) is 4.01. The molecular weight excluding hydrogens is 316 g/mol. The van der Waals surface area contributed by atoms with Crippen molar-refractivity contribution in [3.8, 4) is 11.5 Å². The van der Waals surface area contributed by atoms with Gasteiger partial charge in [-0.2, -0.15) is 0 Å². The zero-order valence-electron chi connectivity index (χ0n) is 9.43. The monoisotopic (exact) mass is 326 g/mol. The molecule has 3 nitrogen and oxygen atoms in total. The summed E-state index contributed by atoms with van der Waals surface area (Å²) in [5, 5.41) is 11.6. The van der Waals surface area contributed by atoms with Crippen molar-refractivity contribution in [1.29, 1.82) is 0 Å². The quantitative estimate of drug-likeness (QED) is 0.937. The second kappa shape index (κ2) is 4.91. The second-order valence-corrected chi connectivity index (χ2v) is 5.86. The van der Waals surface area contributed by atoms with Crippen LogP contribution in [0.1, 0.15) is 16.5 Å². The third-order valence-electron chi connectivity index (χ3n) is 2.80. The third kappa shape index (κ3) is 2.25. The molecule has 1 aromatic carbocycles. The van der Waals surface area contributed by atoms with E-state index in [2.05, 4.69) is 15.9 Å². The average Bonchev–Trinajstić information content (AvgIpc) is 2.94. The number of ether oxygens (including phenoxy) is 2. The van der Waals surface area contributed by atoms with Gasteiger partial charge in [0.2, 0.25) is 0 Å². The molecule has 2 aromatic rings. The van der Waals surface area contributed by atoms with Crippen LogP contribution in [0.5, 0.6) is 11.5 Å². The van der Waals surface area contributed by atoms with Crippen LogP contribution in [0, 0.1) is 0 Å². The van der Waals surface area contributed by atoms with Crippen molar-refractivity contribution in [3.05, 3.63) is 44.6 Å². The lowest BCUT2D eigenvalue weighted by molar-refractivity contribution is 0.140. The van der Waals surface area contributed by atoms with Crippen molar-refractivity contribution in [1.82, 2.24) is 0 Å². The van der Waals surface area contributed by atoms with Crippen LogP contribution in [0.25, 0.3) is 0 Å². The minimum Gasteiger partial charge on any atom is -0.490 e. The predicted octanol–water partition coefficient (Wildman–Crippen LogP) is 3.52. The fourth-order valence-electron chi connectivity index (χ4n) is 1.84. The van der Waals surface area contributed by atoms with E-state index in [1.807, 2.05) is 29.6 Å². The molecule has 5 heteroatoms. The van der Waals surface area contributed by atoms with Crippen LogP contribution in [0.3, 0.4) is 0 Å². The van der Waals surface area contributed by atoms with Crippen molar-refractivity contribution in [2.45, 2.75) is 12.7 Å². The minimum absolute atomic E-state index is 0.329. The molecule has 0 bridgehead atoms. The van der Waals surface area contributed by atoms with E-state index in [0.29, 0.717) is 19.0 Å². The maximum absolute atomic E-state index is 9.62. The number of aliphatic hydroxyl groups excluding tert-OH is 1. The van der Waals surface area contributed by atoms with Crippen LogP contribution in [0.15, 0.2) is 34.1 Å². The molecule has 1 N–H and O–H groups in total. The molecule has 0 radical (unpaired) electrons. The highest BCUT2D eigenvalue weighted by Gasteiger charge is 2.22. The third-order valence-corrected chi connectivity index (χ3v) is 4.70. The van der Waals surface area contributed by atoms with E-state index in [1.54, 1.807) is 11.3 Å². The summed E-state index contributed by atoms with van der Waals surface area (Å²) in [5.74, 6) is 1.47. The average molecular weight is 327 g/mol. The Morgan fingerprint density at radius 3 is 3.11 bits per heavy atom. The molecule has 1 aliphatic heterocycles. The molecule has 3 rings (SSSR count). The fraction of sp³-hybridized carbons (Fsp3) is 0.231. The first-order valence-corrected chi connectivity index (χ1v) is 7.21. The highest BCUT2D eigenvalue weighted by Crippen LogP contribution is 2.35. The standard InChI is InChI=1S/C13H11BrO3S/c14-10-3-4-18-13(10)7-16-8-1-2-9-11(15)6-17-12(9)5-8/h1-5,11,15H,6-7H2. The molecule has 0 aliphatic carbocycles. The number of fused-ring (bicyclic) bond motifs is 1. The van der Waals surface area contributed by atoms with Gasteiger partial charge in [0.1, 0.15) is 30.8 Å². The smallest absolute Gasteiger partial charge is 0.129 e. The van der Waals surface area contributed by atoms with Crippen LogP contribution >= 0.6 is 27.3 Å². The molecule has 0 spiro atoms. The molecule has 1 aliphatic rings. The molecule has 94 valence electrons. The number of thiophene rings is 1. The lowest BCUT2D eigenvalue weighted by atomic mass is 10.1. The largest absolute Gasteiger partial charge is 0.490 e. The van der Waals surface area contributed by atoms with E-state index in [4.69, 9.17) is 9.47 Å². The highest BCUT2D eigenvalue weighted by molar-refractivity contribution is 9.10. The normalized spacial score (nSPS) is 17.3. The SMILES string of the molecule is OC1COc2cc(OCc3sccc3Br)ccc21. The Hall–Kier alpha value is -1.04. The van der Waals surface area contributed by atoms with Gasteiger partial charge in [-0.1, -0.05) is 0 Å². The summed E-state index contributed by atoms with van der Waals surface area (Å²) >= 11 is 5.12. The van der Waals surface area contributed by atoms with Gasteiger partial charge in [0.05, 0.1) is 4.88 Å². The molecule has 0 saturated carbocycles. The summed E-state index contributed by atoms with van der Waals surface area (Å²) in [5.41, 5.74) is 0.833. The van der Waals surface area contributed by atoms with Crippen molar-refractivity contribution in [2.24, 2.45) is 0 Å². The molecule has 1 unspecified atom stereocenters. The highest BCUT2D eigenvalue weighted by atomic mass is 79.9. The molecular formula is C13H11BrO3S. The van der Waals surface area contributed by atoms with Gasteiger partial charge in [-0.3, -0.25) is 0 Å². The minimum atomic E-state index is -0.513. The van der Waals surface area contributed by atoms with Gasteiger partial charge < -0.3 is 14.6 Å². The number of hydrogen-bond donors (Lipinski definition) is 1. The van der Waals surface area contributed by atoms with Crippen LogP contribution in [0.4, 0.5) is 0 Å². The van der Waals surface area contributed by atoms with Crippen molar-refractivity contribution < 1.29 is 14.6 Å². The van der Waals surface area contributed by atoms with Gasteiger partial charge >= 0.3 is 0 Å². The number of aliphatic hydroxyl groups is 1. The summed E-state index contributed by atoms with van der Waals surface area (Å²) in [6.07, 6.45) is -0.513. The first kappa shape index (κ1) is 12.0. The molecule has 1 atom stereocenters. The maximum Gasteiger partial charge on any atom is 0.129 e. The lowest BCUT2D eigenvalue weighted by Crippen LogP contribution is -1.97. The summed E-state index contributed by atoms with van der Waals surface area (Å²) in [4.78, 5) is 1.15. The number of hydrogen-bond acceptors (Lipinski definition) is 4. The Bertz CT molecular complexity index is 567. The van der Waals surface area contributed by atoms with E-state index in [1.165, 1.54) is 0 Å². The molecule has 2 heterocycles. The summed E-state index contributed by atoms with van der Waals surface area (Å²) in [7, 11) is 0. The first-order chi connectivity index (χ1) is 8.74. The van der Waals surface area contributed by atoms with Crippen LogP contribution in [-0.4, -0.2) is 11.7 Å². The Morgan fingerprint density at radius 2 is 2.33 bits per heavy atom. The summed E-state index contributed by atoms with van der Waals surface area (Å²) < 4.78 is 12.2. The molecule has 18 heavy (non-hydrogen) atoms. The topological polar surface area (TPSA) is 38.7 Å². The number of rotatable bonds is 3. The van der Waals surface area contributed by atoms with Gasteiger partial charge in [0, 0.05) is 16.1 Å². The van der Waals surface area contributed by atoms with E-state index in [-0.39, 0.29) is 0 Å². The van der Waals surface area contributed by atoms with Gasteiger partial charge in [0.15, 0.2) is 0 Å². The van der Waals surface area contributed by atoms with E-state index < -0.39 is 6.10 Å². The van der Waals surface area contributed by atoms with E-state index >= 15 is 0 Å². The van der Waals surface area contributed by atoms with Crippen molar-refractivity contribution in [2.75, 3.05) is 6.61 Å². The van der Waals surface area contributed by atoms with Crippen molar-refractivity contribution in [3.63, 3.8) is 0 Å². The van der Waals surface area contributed by atoms with E-state index in [0.717, 1.165) is 20.7 Å². The molecule has 1 aromatic heterocycles. The van der Waals surface area contributed by atoms with Crippen LogP contribution in [0.2, 0.25) is 0 Å². The molecule has 0 fully saturated rings.